The van der Waals surface area contributed by atoms with Gasteiger partial charge in [-0.15, -0.1) is 0 Å². The van der Waals surface area contributed by atoms with Crippen molar-refractivity contribution >= 4 is 36.7 Å². The lowest BCUT2D eigenvalue weighted by Gasteiger charge is -2.30. The molecule has 3 amide bonds. The largest absolute Gasteiger partial charge is 0.465 e. The molecule has 0 aromatic heterocycles. The Hall–Kier alpha value is -3.49. The highest BCUT2D eigenvalue weighted by Gasteiger charge is 2.47. The zero-order valence-corrected chi connectivity index (χ0v) is 22.6. The molecule has 0 bridgehead atoms. The maximum absolute atomic E-state index is 13.4. The number of rotatable bonds is 10. The van der Waals surface area contributed by atoms with Crippen molar-refractivity contribution < 1.29 is 33.4 Å². The summed E-state index contributed by atoms with van der Waals surface area (Å²) in [5.74, 6) is -3.64. The van der Waals surface area contributed by atoms with E-state index in [1.54, 1.807) is 12.1 Å². The van der Waals surface area contributed by atoms with E-state index in [0.717, 1.165) is 5.56 Å². The van der Waals surface area contributed by atoms with E-state index >= 15 is 0 Å². The molecule has 0 saturated heterocycles. The van der Waals surface area contributed by atoms with Gasteiger partial charge in [-0.3, -0.25) is 18.9 Å². The first-order valence-corrected chi connectivity index (χ1v) is 14.3. The summed E-state index contributed by atoms with van der Waals surface area (Å²) in [6.07, 6.45) is 1.57. The molecule has 0 radical (unpaired) electrons. The molecule has 0 aliphatic heterocycles. The fourth-order valence-electron chi connectivity index (χ4n) is 4.74. The number of nitrogens with one attached hydrogen (secondary N) is 3. The van der Waals surface area contributed by atoms with E-state index in [0.29, 0.717) is 30.5 Å². The quantitative estimate of drug-likeness (QED) is 0.266. The Morgan fingerprint density at radius 1 is 1.03 bits per heavy atom. The first-order chi connectivity index (χ1) is 18.0. The molecule has 10 nitrogen and oxygen atoms in total. The Bertz CT molecular complexity index is 1200. The van der Waals surface area contributed by atoms with Crippen LogP contribution in [0.15, 0.2) is 54.6 Å². The summed E-state index contributed by atoms with van der Waals surface area (Å²) < 4.78 is 18.0. The molecule has 5 atom stereocenters. The number of hydrogen-bond donors (Lipinski definition) is 4. The van der Waals surface area contributed by atoms with E-state index in [1.165, 1.54) is 33.1 Å². The third kappa shape index (κ3) is 7.30. The highest BCUT2D eigenvalue weighted by molar-refractivity contribution is 7.59. The molecule has 4 N–H and O–H groups in total. The summed E-state index contributed by atoms with van der Waals surface area (Å²) in [6, 6.07) is 14.4. The monoisotopic (exact) mass is 543 g/mol. The van der Waals surface area contributed by atoms with E-state index < -0.39 is 54.5 Å². The first-order valence-electron chi connectivity index (χ1n) is 12.5. The number of amides is 3. The van der Waals surface area contributed by atoms with Gasteiger partial charge in [0.1, 0.15) is 11.8 Å². The second-order valence-corrected chi connectivity index (χ2v) is 12.2. The number of benzene rings is 2. The van der Waals surface area contributed by atoms with E-state index in [1.807, 2.05) is 30.3 Å². The molecule has 38 heavy (non-hydrogen) atoms. The number of anilines is 1. The van der Waals surface area contributed by atoms with Crippen LogP contribution in [0.1, 0.15) is 49.0 Å². The first kappa shape index (κ1) is 29.1. The summed E-state index contributed by atoms with van der Waals surface area (Å²) >= 11 is 0. The van der Waals surface area contributed by atoms with Gasteiger partial charge in [0, 0.05) is 30.6 Å². The SMILES string of the molecule is COC(=O)c1ccc(NC(=O)[C@H](Cc2ccccc2)NC(=O)C2CCCC2P(=O)(O)C(C)NC(C)=O)cc1. The smallest absolute Gasteiger partial charge is 0.337 e. The lowest BCUT2D eigenvalue weighted by atomic mass is 10.0. The van der Waals surface area contributed by atoms with E-state index in [2.05, 4.69) is 20.7 Å². The van der Waals surface area contributed by atoms with E-state index in [9.17, 15) is 28.6 Å². The van der Waals surface area contributed by atoms with Gasteiger partial charge in [-0.05, 0) is 49.6 Å². The Balaban J connectivity index is 1.78. The van der Waals surface area contributed by atoms with Crippen molar-refractivity contribution in [2.24, 2.45) is 5.92 Å². The minimum Gasteiger partial charge on any atom is -0.465 e. The fraction of sp³-hybridized carbons (Fsp3) is 0.407. The predicted octanol–water partition coefficient (Wildman–Crippen LogP) is 3.06. The highest BCUT2D eigenvalue weighted by Crippen LogP contribution is 2.57. The standard InChI is InChI=1S/C27H34N3O7P/c1-17(31)28-18(2)38(35,36)24-11-7-10-22(24)25(32)30-23(16-19-8-5-4-6-9-19)26(33)29-21-14-12-20(13-15-21)27(34)37-3/h4-6,8-9,12-15,18,22-24H,7,10-11,16H2,1-3H3,(H,28,31)(H,29,33)(H,30,32)(H,35,36)/t18?,22?,23-,24?/m0/s1. The van der Waals surface area contributed by atoms with Crippen molar-refractivity contribution in [1.82, 2.24) is 10.6 Å². The number of carbonyl (C=O) groups excluding carboxylic acids is 4. The molecular formula is C27H34N3O7P. The average Bonchev–Trinajstić information content (AvgIpc) is 3.40. The van der Waals surface area contributed by atoms with Crippen LogP contribution < -0.4 is 16.0 Å². The van der Waals surface area contributed by atoms with Crippen LogP contribution in [0.2, 0.25) is 0 Å². The molecule has 1 fully saturated rings. The Morgan fingerprint density at radius 2 is 1.68 bits per heavy atom. The normalized spacial score (nSPS) is 19.9. The van der Waals surface area contributed by atoms with Gasteiger partial charge >= 0.3 is 5.97 Å². The number of esters is 1. The Labute approximate surface area is 222 Å². The molecule has 2 aromatic rings. The number of carbonyl (C=O) groups is 4. The maximum Gasteiger partial charge on any atom is 0.337 e. The lowest BCUT2D eigenvalue weighted by Crippen LogP contribution is -2.48. The van der Waals surface area contributed by atoms with Crippen molar-refractivity contribution in [3.8, 4) is 0 Å². The van der Waals surface area contributed by atoms with Gasteiger partial charge in [-0.25, -0.2) is 4.79 Å². The van der Waals surface area contributed by atoms with Crippen LogP contribution in [0.3, 0.4) is 0 Å². The van der Waals surface area contributed by atoms with Crippen LogP contribution in [0, 0.1) is 5.92 Å². The molecule has 1 aliphatic carbocycles. The van der Waals surface area contributed by atoms with Crippen LogP contribution in [-0.2, 0) is 30.1 Å². The summed E-state index contributed by atoms with van der Waals surface area (Å²) in [4.78, 5) is 60.7. The second-order valence-electron chi connectivity index (χ2n) is 9.46. The lowest BCUT2D eigenvalue weighted by molar-refractivity contribution is -0.129. The van der Waals surface area contributed by atoms with Crippen LogP contribution in [0.25, 0.3) is 0 Å². The third-order valence-electron chi connectivity index (χ3n) is 6.75. The van der Waals surface area contributed by atoms with Crippen molar-refractivity contribution in [2.75, 3.05) is 12.4 Å². The van der Waals surface area contributed by atoms with Gasteiger partial charge in [0.05, 0.1) is 12.7 Å². The van der Waals surface area contributed by atoms with E-state index in [4.69, 9.17) is 0 Å². The van der Waals surface area contributed by atoms with Crippen LogP contribution in [0.4, 0.5) is 5.69 Å². The van der Waals surface area contributed by atoms with Crippen LogP contribution >= 0.6 is 7.37 Å². The maximum atomic E-state index is 13.4. The zero-order valence-electron chi connectivity index (χ0n) is 21.7. The molecule has 2 aromatic carbocycles. The van der Waals surface area contributed by atoms with E-state index in [-0.39, 0.29) is 6.42 Å². The topological polar surface area (TPSA) is 151 Å². The van der Waals surface area contributed by atoms with Crippen LogP contribution in [0.5, 0.6) is 0 Å². The average molecular weight is 544 g/mol. The molecule has 1 aliphatic rings. The number of hydrogen-bond acceptors (Lipinski definition) is 6. The number of ether oxygens (including phenoxy) is 1. The summed E-state index contributed by atoms with van der Waals surface area (Å²) in [5, 5.41) is 8.05. The van der Waals surface area contributed by atoms with Crippen molar-refractivity contribution in [1.29, 1.82) is 0 Å². The van der Waals surface area contributed by atoms with Crippen molar-refractivity contribution in [3.05, 3.63) is 65.7 Å². The van der Waals surface area contributed by atoms with Gasteiger partial charge in [0.2, 0.25) is 25.1 Å². The Morgan fingerprint density at radius 3 is 2.29 bits per heavy atom. The summed E-state index contributed by atoms with van der Waals surface area (Å²) in [6.45, 7) is 2.73. The fourth-order valence-corrected chi connectivity index (χ4v) is 7.03. The highest BCUT2D eigenvalue weighted by atomic mass is 31.2. The van der Waals surface area contributed by atoms with Gasteiger partial charge in [-0.1, -0.05) is 36.8 Å². The van der Waals surface area contributed by atoms with Gasteiger partial charge in [0.25, 0.3) is 0 Å². The number of methoxy groups -OCH3 is 1. The molecule has 4 unspecified atom stereocenters. The zero-order chi connectivity index (χ0) is 27.9. The van der Waals surface area contributed by atoms with Gasteiger partial charge < -0.3 is 25.6 Å². The molecule has 0 spiro atoms. The molecule has 0 heterocycles. The third-order valence-corrected chi connectivity index (χ3v) is 9.56. The molecule has 11 heteroatoms. The molecular weight excluding hydrogens is 509 g/mol. The molecule has 1 saturated carbocycles. The molecule has 3 rings (SSSR count). The summed E-state index contributed by atoms with van der Waals surface area (Å²) in [5.41, 5.74) is 0.756. The van der Waals surface area contributed by atoms with Gasteiger partial charge in [0.15, 0.2) is 0 Å². The minimum absolute atomic E-state index is 0.203. The predicted molar refractivity (Wildman–Crippen MR) is 143 cm³/mol. The summed E-state index contributed by atoms with van der Waals surface area (Å²) in [7, 11) is -2.65. The van der Waals surface area contributed by atoms with Crippen molar-refractivity contribution in [3.63, 3.8) is 0 Å². The Kier molecular flexibility index (Phi) is 9.83. The second kappa shape index (κ2) is 12.8. The van der Waals surface area contributed by atoms with Crippen LogP contribution in [-0.4, -0.2) is 53.2 Å². The van der Waals surface area contributed by atoms with Crippen molar-refractivity contribution in [2.45, 2.75) is 57.0 Å². The minimum atomic E-state index is -3.93. The van der Waals surface area contributed by atoms with Gasteiger partial charge in [-0.2, -0.15) is 0 Å². The molecule has 204 valence electrons.